The number of thiazole rings is 1. The van der Waals surface area contributed by atoms with Gasteiger partial charge >= 0.3 is 0 Å². The van der Waals surface area contributed by atoms with E-state index in [2.05, 4.69) is 17.2 Å². The summed E-state index contributed by atoms with van der Waals surface area (Å²) in [6.07, 6.45) is 3.11. The molecule has 1 N–H and O–H groups in total. The summed E-state index contributed by atoms with van der Waals surface area (Å²) < 4.78 is 5.61. The van der Waals surface area contributed by atoms with E-state index in [1.807, 2.05) is 41.6 Å². The van der Waals surface area contributed by atoms with Crippen molar-refractivity contribution in [3.63, 3.8) is 0 Å². The number of carbonyl (C=O) groups excluding carboxylic acids is 1. The van der Waals surface area contributed by atoms with Crippen LogP contribution < -0.4 is 10.1 Å². The van der Waals surface area contributed by atoms with Crippen LogP contribution in [-0.2, 0) is 0 Å². The van der Waals surface area contributed by atoms with E-state index >= 15 is 0 Å². The third kappa shape index (κ3) is 4.75. The van der Waals surface area contributed by atoms with Crippen molar-refractivity contribution in [1.29, 1.82) is 0 Å². The molecule has 7 heteroatoms. The average Bonchev–Trinajstić information content (AvgIpc) is 3.30. The predicted molar refractivity (Wildman–Crippen MR) is 109 cm³/mol. The van der Waals surface area contributed by atoms with Crippen molar-refractivity contribution in [2.75, 3.05) is 26.7 Å². The van der Waals surface area contributed by atoms with Crippen molar-refractivity contribution in [1.82, 2.24) is 15.2 Å². The van der Waals surface area contributed by atoms with E-state index in [0.29, 0.717) is 5.69 Å². The van der Waals surface area contributed by atoms with E-state index in [-0.39, 0.29) is 24.4 Å². The van der Waals surface area contributed by atoms with Crippen molar-refractivity contribution in [3.05, 3.63) is 35.3 Å². The van der Waals surface area contributed by atoms with Crippen LogP contribution in [0.4, 0.5) is 0 Å². The number of carbonyl (C=O) groups is 1. The molecule has 1 unspecified atom stereocenters. The van der Waals surface area contributed by atoms with Crippen molar-refractivity contribution >= 4 is 29.7 Å². The highest BCUT2D eigenvalue weighted by molar-refractivity contribution is 7.13. The van der Waals surface area contributed by atoms with Gasteiger partial charge in [0.15, 0.2) is 0 Å². The lowest BCUT2D eigenvalue weighted by atomic mass is 10.2. The molecule has 0 spiro atoms. The average molecular weight is 396 g/mol. The summed E-state index contributed by atoms with van der Waals surface area (Å²) in [5.74, 6) is 0.911. The van der Waals surface area contributed by atoms with Crippen LogP contribution in [0.2, 0.25) is 0 Å². The number of halogens is 1. The molecule has 1 saturated heterocycles. The molecule has 0 radical (unpaired) electrons. The number of ether oxygens (including phenoxy) is 1. The number of hydrogen-bond acceptors (Lipinski definition) is 5. The molecule has 1 amide bonds. The summed E-state index contributed by atoms with van der Waals surface area (Å²) in [5, 5.41) is 5.91. The van der Waals surface area contributed by atoms with Crippen LogP contribution in [0.5, 0.6) is 5.75 Å². The molecule has 0 bridgehead atoms. The Labute approximate surface area is 165 Å². The topological polar surface area (TPSA) is 54.5 Å². The number of likely N-dealkylation sites (tertiary alicyclic amines) is 1. The standard InChI is InChI=1S/C19H25N3O2S.ClH/c1-3-11-24-16-8-6-14(7-9-16)18-21-17(13-25-18)19(23)22-10-4-5-15(22)12-20-2;/h6-9,13,15,20H,3-5,10-12H2,1-2H3;1H. The largest absolute Gasteiger partial charge is 0.494 e. The number of likely N-dealkylation sites (N-methyl/N-ethyl adjacent to an activating group) is 1. The van der Waals surface area contributed by atoms with Gasteiger partial charge in [0.2, 0.25) is 0 Å². The second-order valence-corrected chi connectivity index (χ2v) is 7.12. The predicted octanol–water partition coefficient (Wildman–Crippen LogP) is 3.84. The van der Waals surface area contributed by atoms with E-state index in [9.17, 15) is 4.79 Å². The highest BCUT2D eigenvalue weighted by atomic mass is 35.5. The zero-order valence-corrected chi connectivity index (χ0v) is 16.9. The van der Waals surface area contributed by atoms with Gasteiger partial charge in [0, 0.05) is 30.1 Å². The molecule has 1 aromatic carbocycles. The molecular formula is C19H26ClN3O2S. The highest BCUT2D eigenvalue weighted by Gasteiger charge is 2.30. The van der Waals surface area contributed by atoms with Crippen LogP contribution in [0, 0.1) is 0 Å². The molecule has 1 aliphatic heterocycles. The Morgan fingerprint density at radius 1 is 1.38 bits per heavy atom. The summed E-state index contributed by atoms with van der Waals surface area (Å²) in [4.78, 5) is 19.3. The first kappa shape index (κ1) is 20.7. The van der Waals surface area contributed by atoms with Gasteiger partial charge in [-0.1, -0.05) is 6.92 Å². The van der Waals surface area contributed by atoms with Crippen LogP contribution in [0.1, 0.15) is 36.7 Å². The van der Waals surface area contributed by atoms with Crippen molar-refractivity contribution < 1.29 is 9.53 Å². The number of hydrogen-bond donors (Lipinski definition) is 1. The van der Waals surface area contributed by atoms with Crippen LogP contribution >= 0.6 is 23.7 Å². The second-order valence-electron chi connectivity index (χ2n) is 6.26. The Bertz CT molecular complexity index is 705. The molecule has 0 saturated carbocycles. The summed E-state index contributed by atoms with van der Waals surface area (Å²) in [6.45, 7) is 4.46. The summed E-state index contributed by atoms with van der Waals surface area (Å²) >= 11 is 1.51. The molecule has 0 aliphatic carbocycles. The minimum Gasteiger partial charge on any atom is -0.494 e. The van der Waals surface area contributed by atoms with E-state index in [0.717, 1.165) is 55.3 Å². The van der Waals surface area contributed by atoms with Gasteiger partial charge in [0.05, 0.1) is 6.61 Å². The summed E-state index contributed by atoms with van der Waals surface area (Å²) in [5.41, 5.74) is 1.57. The maximum absolute atomic E-state index is 12.8. The normalized spacial score (nSPS) is 16.4. The monoisotopic (exact) mass is 395 g/mol. The van der Waals surface area contributed by atoms with Gasteiger partial charge in [-0.15, -0.1) is 23.7 Å². The second kappa shape index (κ2) is 9.90. The number of rotatable bonds is 7. The van der Waals surface area contributed by atoms with Crippen molar-refractivity contribution in [2.24, 2.45) is 0 Å². The van der Waals surface area contributed by atoms with E-state index in [4.69, 9.17) is 4.74 Å². The van der Waals surface area contributed by atoms with Gasteiger partial charge in [-0.05, 0) is 50.6 Å². The fourth-order valence-electron chi connectivity index (χ4n) is 3.12. The maximum atomic E-state index is 12.8. The maximum Gasteiger partial charge on any atom is 0.273 e. The van der Waals surface area contributed by atoms with E-state index in [1.165, 1.54) is 11.3 Å². The first-order valence-electron chi connectivity index (χ1n) is 8.87. The third-order valence-corrected chi connectivity index (χ3v) is 5.27. The molecule has 2 heterocycles. The quantitative estimate of drug-likeness (QED) is 0.773. The molecule has 1 aromatic heterocycles. The van der Waals surface area contributed by atoms with Crippen LogP contribution in [0.25, 0.3) is 10.6 Å². The number of benzene rings is 1. The fraction of sp³-hybridized carbons (Fsp3) is 0.474. The van der Waals surface area contributed by atoms with Gasteiger partial charge < -0.3 is 15.0 Å². The minimum atomic E-state index is 0. The van der Waals surface area contributed by atoms with Gasteiger partial charge in [-0.3, -0.25) is 4.79 Å². The van der Waals surface area contributed by atoms with Gasteiger partial charge in [-0.2, -0.15) is 0 Å². The Hall–Kier alpha value is -1.63. The Kier molecular flexibility index (Phi) is 7.87. The Balaban J connectivity index is 0.00000243. The van der Waals surface area contributed by atoms with Crippen LogP contribution in [-0.4, -0.2) is 48.6 Å². The molecule has 1 fully saturated rings. The molecule has 2 aromatic rings. The number of nitrogens with zero attached hydrogens (tertiary/aromatic N) is 2. The molecular weight excluding hydrogens is 370 g/mol. The zero-order chi connectivity index (χ0) is 17.6. The Morgan fingerprint density at radius 3 is 2.85 bits per heavy atom. The van der Waals surface area contributed by atoms with Gasteiger partial charge in [0.25, 0.3) is 5.91 Å². The van der Waals surface area contributed by atoms with Gasteiger partial charge in [0.1, 0.15) is 16.5 Å². The number of amides is 1. The number of nitrogens with one attached hydrogen (secondary N) is 1. The van der Waals surface area contributed by atoms with Crippen molar-refractivity contribution in [2.45, 2.75) is 32.2 Å². The summed E-state index contributed by atoms with van der Waals surface area (Å²) in [7, 11) is 1.93. The lowest BCUT2D eigenvalue weighted by Gasteiger charge is -2.23. The Morgan fingerprint density at radius 2 is 2.15 bits per heavy atom. The SMILES string of the molecule is CCCOc1ccc(-c2nc(C(=O)N3CCCC3CNC)cs2)cc1.Cl. The lowest BCUT2D eigenvalue weighted by Crippen LogP contribution is -2.40. The van der Waals surface area contributed by atoms with Crippen molar-refractivity contribution in [3.8, 4) is 16.3 Å². The third-order valence-electron chi connectivity index (χ3n) is 4.38. The van der Waals surface area contributed by atoms with E-state index in [1.54, 1.807) is 0 Å². The fourth-order valence-corrected chi connectivity index (χ4v) is 3.92. The first-order valence-corrected chi connectivity index (χ1v) is 9.75. The lowest BCUT2D eigenvalue weighted by molar-refractivity contribution is 0.0732. The molecule has 26 heavy (non-hydrogen) atoms. The first-order chi connectivity index (χ1) is 12.2. The van der Waals surface area contributed by atoms with Crippen LogP contribution in [0.15, 0.2) is 29.6 Å². The zero-order valence-electron chi connectivity index (χ0n) is 15.2. The van der Waals surface area contributed by atoms with E-state index < -0.39 is 0 Å². The smallest absolute Gasteiger partial charge is 0.273 e. The van der Waals surface area contributed by atoms with Crippen LogP contribution in [0.3, 0.4) is 0 Å². The molecule has 1 aliphatic rings. The summed E-state index contributed by atoms with van der Waals surface area (Å²) in [6, 6.07) is 8.18. The molecule has 5 nitrogen and oxygen atoms in total. The highest BCUT2D eigenvalue weighted by Crippen LogP contribution is 2.27. The number of aromatic nitrogens is 1. The van der Waals surface area contributed by atoms with Gasteiger partial charge in [-0.25, -0.2) is 4.98 Å². The molecule has 142 valence electrons. The molecule has 3 rings (SSSR count). The molecule has 1 atom stereocenters. The minimum absolute atomic E-state index is 0.